The van der Waals surface area contributed by atoms with Crippen molar-refractivity contribution in [2.24, 2.45) is 0 Å². The van der Waals surface area contributed by atoms with Crippen LogP contribution >= 0.6 is 11.3 Å². The lowest BCUT2D eigenvalue weighted by Gasteiger charge is -2.07. The summed E-state index contributed by atoms with van der Waals surface area (Å²) in [6, 6.07) is 16.3. The lowest BCUT2D eigenvalue weighted by atomic mass is 10.1. The number of carbonyl (C=O) groups is 3. The first-order chi connectivity index (χ1) is 12.5. The van der Waals surface area contributed by atoms with Crippen molar-refractivity contribution in [3.63, 3.8) is 0 Å². The van der Waals surface area contributed by atoms with Crippen molar-refractivity contribution in [1.29, 1.82) is 0 Å². The fourth-order valence-corrected chi connectivity index (χ4v) is 2.83. The fourth-order valence-electron chi connectivity index (χ4n) is 2.21. The molecule has 1 heterocycles. The molecule has 0 aliphatic carbocycles. The number of thiophene rings is 1. The summed E-state index contributed by atoms with van der Waals surface area (Å²) in [5.74, 6) is -0.407. The lowest BCUT2D eigenvalue weighted by Crippen LogP contribution is -2.11. The zero-order valence-corrected chi connectivity index (χ0v) is 14.7. The van der Waals surface area contributed by atoms with Crippen LogP contribution in [0.2, 0.25) is 0 Å². The van der Waals surface area contributed by atoms with Gasteiger partial charge in [-0.15, -0.1) is 11.3 Å². The largest absolute Gasteiger partial charge is 0.423 e. The van der Waals surface area contributed by atoms with Crippen LogP contribution in [0, 0.1) is 0 Å². The summed E-state index contributed by atoms with van der Waals surface area (Å²) in [7, 11) is 0. The second kappa shape index (κ2) is 7.76. The second-order valence-electron chi connectivity index (χ2n) is 5.48. The Morgan fingerprint density at radius 1 is 0.885 bits per heavy atom. The Hall–Kier alpha value is -3.25. The monoisotopic (exact) mass is 365 g/mol. The van der Waals surface area contributed by atoms with Crippen molar-refractivity contribution in [2.45, 2.75) is 6.92 Å². The highest BCUT2D eigenvalue weighted by Crippen LogP contribution is 2.17. The molecule has 1 N–H and O–H groups in total. The summed E-state index contributed by atoms with van der Waals surface area (Å²) >= 11 is 1.36. The number of esters is 1. The average Bonchev–Trinajstić information content (AvgIpc) is 3.17. The lowest BCUT2D eigenvalue weighted by molar-refractivity contribution is 0.0734. The normalized spacial score (nSPS) is 10.2. The van der Waals surface area contributed by atoms with Gasteiger partial charge >= 0.3 is 5.97 Å². The summed E-state index contributed by atoms with van der Waals surface area (Å²) in [6.45, 7) is 1.47. The molecule has 5 nitrogen and oxygen atoms in total. The van der Waals surface area contributed by atoms with Crippen LogP contribution in [0.1, 0.15) is 37.3 Å². The summed E-state index contributed by atoms with van der Waals surface area (Å²) in [6.07, 6.45) is 0. The van der Waals surface area contributed by atoms with E-state index in [-0.39, 0.29) is 11.7 Å². The maximum atomic E-state index is 12.2. The minimum atomic E-state index is -0.517. The Morgan fingerprint density at radius 2 is 1.54 bits per heavy atom. The number of Topliss-reactive ketones (excluding diaryl/α,β-unsaturated/α-hetero) is 1. The van der Waals surface area contributed by atoms with Crippen LogP contribution in [0.5, 0.6) is 5.75 Å². The minimum absolute atomic E-state index is 0.0527. The smallest absolute Gasteiger partial charge is 0.343 e. The first-order valence-electron chi connectivity index (χ1n) is 7.81. The van der Waals surface area contributed by atoms with Gasteiger partial charge in [-0.3, -0.25) is 9.59 Å². The maximum Gasteiger partial charge on any atom is 0.343 e. The SMILES string of the molecule is CC(=O)c1ccc(OC(=O)c2ccc(NC(=O)c3cccs3)cc2)cc1. The highest BCUT2D eigenvalue weighted by atomic mass is 32.1. The van der Waals surface area contributed by atoms with Gasteiger partial charge in [0.1, 0.15) is 5.75 Å². The minimum Gasteiger partial charge on any atom is -0.423 e. The molecule has 0 saturated carbocycles. The Labute approximate surface area is 154 Å². The van der Waals surface area contributed by atoms with Crippen LogP contribution in [0.4, 0.5) is 5.69 Å². The molecule has 0 aliphatic heterocycles. The van der Waals surface area contributed by atoms with Crippen LogP contribution in [-0.2, 0) is 0 Å². The Kier molecular flexibility index (Phi) is 5.24. The summed E-state index contributed by atoms with van der Waals surface area (Å²) < 4.78 is 5.28. The number of amides is 1. The summed E-state index contributed by atoms with van der Waals surface area (Å²) in [4.78, 5) is 36.0. The van der Waals surface area contributed by atoms with Gasteiger partial charge < -0.3 is 10.1 Å². The highest BCUT2D eigenvalue weighted by Gasteiger charge is 2.11. The van der Waals surface area contributed by atoms with Crippen molar-refractivity contribution in [1.82, 2.24) is 0 Å². The van der Waals surface area contributed by atoms with E-state index >= 15 is 0 Å². The van der Waals surface area contributed by atoms with E-state index in [0.29, 0.717) is 27.4 Å². The van der Waals surface area contributed by atoms with E-state index in [9.17, 15) is 14.4 Å². The number of benzene rings is 2. The molecule has 6 heteroatoms. The standard InChI is InChI=1S/C20H15NO4S/c1-13(22)14-6-10-17(11-7-14)25-20(24)15-4-8-16(9-5-15)21-19(23)18-3-2-12-26-18/h2-12H,1H3,(H,21,23). The van der Waals surface area contributed by atoms with Gasteiger partial charge in [0, 0.05) is 11.3 Å². The predicted molar refractivity (Wildman–Crippen MR) is 100 cm³/mol. The number of ether oxygens (including phenoxy) is 1. The van der Waals surface area contributed by atoms with Crippen LogP contribution < -0.4 is 10.1 Å². The zero-order chi connectivity index (χ0) is 18.5. The zero-order valence-electron chi connectivity index (χ0n) is 13.9. The van der Waals surface area contributed by atoms with E-state index in [1.165, 1.54) is 18.3 Å². The number of nitrogens with one attached hydrogen (secondary N) is 1. The van der Waals surface area contributed by atoms with Gasteiger partial charge in [0.15, 0.2) is 5.78 Å². The third-order valence-corrected chi connectivity index (χ3v) is 4.46. The van der Waals surface area contributed by atoms with Crippen molar-refractivity contribution in [3.8, 4) is 5.75 Å². The number of hydrogen-bond donors (Lipinski definition) is 1. The molecule has 2 aromatic carbocycles. The molecule has 0 saturated heterocycles. The van der Waals surface area contributed by atoms with Gasteiger partial charge in [0.25, 0.3) is 5.91 Å². The molecule has 3 aromatic rings. The third kappa shape index (κ3) is 4.23. The van der Waals surface area contributed by atoms with Gasteiger partial charge in [-0.2, -0.15) is 0 Å². The van der Waals surface area contributed by atoms with Gasteiger partial charge in [0.2, 0.25) is 0 Å². The second-order valence-corrected chi connectivity index (χ2v) is 6.43. The van der Waals surface area contributed by atoms with Gasteiger partial charge in [-0.05, 0) is 66.9 Å². The van der Waals surface area contributed by atoms with Crippen LogP contribution in [0.3, 0.4) is 0 Å². The molecular weight excluding hydrogens is 350 g/mol. The van der Waals surface area contributed by atoms with E-state index in [4.69, 9.17) is 4.74 Å². The molecule has 0 bridgehead atoms. The first-order valence-corrected chi connectivity index (χ1v) is 8.69. The molecule has 1 aromatic heterocycles. The molecule has 1 amide bonds. The molecule has 0 spiro atoms. The molecule has 0 aliphatic rings. The predicted octanol–water partition coefficient (Wildman–Crippen LogP) is 4.42. The van der Waals surface area contributed by atoms with Crippen LogP contribution in [0.25, 0.3) is 0 Å². The molecule has 130 valence electrons. The van der Waals surface area contributed by atoms with E-state index in [1.807, 2.05) is 11.4 Å². The Morgan fingerprint density at radius 3 is 2.12 bits per heavy atom. The number of ketones is 1. The topological polar surface area (TPSA) is 72.5 Å². The van der Waals surface area contributed by atoms with Crippen molar-refractivity contribution < 1.29 is 19.1 Å². The quantitative estimate of drug-likeness (QED) is 0.413. The van der Waals surface area contributed by atoms with Crippen molar-refractivity contribution in [3.05, 3.63) is 82.0 Å². The number of anilines is 1. The summed E-state index contributed by atoms with van der Waals surface area (Å²) in [5.41, 5.74) is 1.50. The van der Waals surface area contributed by atoms with Crippen LogP contribution in [-0.4, -0.2) is 17.7 Å². The Balaban J connectivity index is 1.63. The fraction of sp³-hybridized carbons (Fsp3) is 0.0500. The highest BCUT2D eigenvalue weighted by molar-refractivity contribution is 7.12. The number of hydrogen-bond acceptors (Lipinski definition) is 5. The molecule has 0 unspecified atom stereocenters. The number of carbonyl (C=O) groups excluding carboxylic acids is 3. The molecule has 26 heavy (non-hydrogen) atoms. The van der Waals surface area contributed by atoms with E-state index in [2.05, 4.69) is 5.32 Å². The molecule has 0 atom stereocenters. The molecule has 0 radical (unpaired) electrons. The first kappa shape index (κ1) is 17.6. The number of rotatable bonds is 5. The average molecular weight is 365 g/mol. The molecule has 3 rings (SSSR count). The molecule has 0 fully saturated rings. The maximum absolute atomic E-state index is 12.2. The van der Waals surface area contributed by atoms with Crippen molar-refractivity contribution >= 4 is 34.7 Å². The van der Waals surface area contributed by atoms with Gasteiger partial charge in [0.05, 0.1) is 10.4 Å². The Bertz CT molecular complexity index is 929. The van der Waals surface area contributed by atoms with Gasteiger partial charge in [-0.1, -0.05) is 6.07 Å². The van der Waals surface area contributed by atoms with Gasteiger partial charge in [-0.25, -0.2) is 4.79 Å². The van der Waals surface area contributed by atoms with Crippen LogP contribution in [0.15, 0.2) is 66.0 Å². The molecular formula is C20H15NO4S. The van der Waals surface area contributed by atoms with E-state index < -0.39 is 5.97 Å². The third-order valence-electron chi connectivity index (χ3n) is 3.59. The van der Waals surface area contributed by atoms with Crippen molar-refractivity contribution in [2.75, 3.05) is 5.32 Å². The van der Waals surface area contributed by atoms with E-state index in [1.54, 1.807) is 54.6 Å². The summed E-state index contributed by atoms with van der Waals surface area (Å²) in [5, 5.41) is 4.59. The van der Waals surface area contributed by atoms with E-state index in [0.717, 1.165) is 0 Å².